The van der Waals surface area contributed by atoms with Crippen molar-refractivity contribution in [2.24, 2.45) is 11.7 Å². The number of ether oxygens (including phenoxy) is 1. The molecule has 60 valence electrons. The van der Waals surface area contributed by atoms with Crippen LogP contribution >= 0.6 is 0 Å². The monoisotopic (exact) mass is 146 g/mol. The molecule has 0 saturated carbocycles. The van der Waals surface area contributed by atoms with Gasteiger partial charge in [-0.15, -0.1) is 0 Å². The summed E-state index contributed by atoms with van der Waals surface area (Å²) in [6.45, 7) is 3.83. The van der Waals surface area contributed by atoms with Crippen molar-refractivity contribution in [3.05, 3.63) is 0 Å². The number of carbonyl (C=O) groups excluding carboxylic acids is 1. The first-order chi connectivity index (χ1) is 4.57. The van der Waals surface area contributed by atoms with Crippen LogP contribution in [-0.2, 0) is 4.74 Å². The standard InChI is InChI=1S/C6H14N2O2/c1-4(2)5(7)8-6(9)10-3/h4-5H,7H2,1-3H3,(H,8,9). The third-order valence-electron chi connectivity index (χ3n) is 1.19. The highest BCUT2D eigenvalue weighted by Gasteiger charge is 2.09. The quantitative estimate of drug-likeness (QED) is 0.550. The Kier molecular flexibility index (Phi) is 3.79. The molecule has 0 aromatic carbocycles. The molecule has 4 heteroatoms. The van der Waals surface area contributed by atoms with Crippen LogP contribution in [0.25, 0.3) is 0 Å². The van der Waals surface area contributed by atoms with Crippen LogP contribution in [0, 0.1) is 5.92 Å². The molecule has 1 amide bonds. The first-order valence-corrected chi connectivity index (χ1v) is 3.18. The van der Waals surface area contributed by atoms with E-state index in [2.05, 4.69) is 10.1 Å². The van der Waals surface area contributed by atoms with Crippen LogP contribution in [0.3, 0.4) is 0 Å². The molecule has 10 heavy (non-hydrogen) atoms. The number of alkyl carbamates (subject to hydrolysis) is 1. The molecule has 0 saturated heterocycles. The largest absolute Gasteiger partial charge is 0.453 e. The average Bonchev–Trinajstić information content (AvgIpc) is 1.87. The summed E-state index contributed by atoms with van der Waals surface area (Å²) in [5.41, 5.74) is 5.48. The molecule has 1 unspecified atom stereocenters. The zero-order valence-corrected chi connectivity index (χ0v) is 6.55. The number of hydrogen-bond donors (Lipinski definition) is 2. The van der Waals surface area contributed by atoms with E-state index in [1.807, 2.05) is 13.8 Å². The van der Waals surface area contributed by atoms with Gasteiger partial charge in [0.05, 0.1) is 13.3 Å². The topological polar surface area (TPSA) is 64.3 Å². The van der Waals surface area contributed by atoms with Crippen molar-refractivity contribution < 1.29 is 9.53 Å². The predicted molar refractivity (Wildman–Crippen MR) is 38.4 cm³/mol. The molecular formula is C6H14N2O2. The number of carbonyl (C=O) groups is 1. The van der Waals surface area contributed by atoms with Gasteiger partial charge in [0.1, 0.15) is 0 Å². The van der Waals surface area contributed by atoms with Gasteiger partial charge in [0.15, 0.2) is 0 Å². The summed E-state index contributed by atoms with van der Waals surface area (Å²) in [5, 5.41) is 2.45. The molecular weight excluding hydrogens is 132 g/mol. The summed E-state index contributed by atoms with van der Waals surface area (Å²) >= 11 is 0. The van der Waals surface area contributed by atoms with Crippen molar-refractivity contribution in [3.63, 3.8) is 0 Å². The lowest BCUT2D eigenvalue weighted by Gasteiger charge is -2.15. The van der Waals surface area contributed by atoms with Crippen molar-refractivity contribution in [1.82, 2.24) is 5.32 Å². The third-order valence-corrected chi connectivity index (χ3v) is 1.19. The minimum atomic E-state index is -0.485. The van der Waals surface area contributed by atoms with Crippen LogP contribution in [0.2, 0.25) is 0 Å². The normalized spacial score (nSPS) is 12.9. The van der Waals surface area contributed by atoms with Crippen molar-refractivity contribution in [3.8, 4) is 0 Å². The highest BCUT2D eigenvalue weighted by atomic mass is 16.5. The maximum absolute atomic E-state index is 10.5. The number of hydrogen-bond acceptors (Lipinski definition) is 3. The maximum Gasteiger partial charge on any atom is 0.408 e. The first kappa shape index (κ1) is 9.23. The van der Waals surface area contributed by atoms with E-state index in [9.17, 15) is 4.79 Å². The van der Waals surface area contributed by atoms with Gasteiger partial charge in [-0.05, 0) is 5.92 Å². The Bertz CT molecular complexity index is 114. The van der Waals surface area contributed by atoms with Crippen LogP contribution in [0.1, 0.15) is 13.8 Å². The highest BCUT2D eigenvalue weighted by Crippen LogP contribution is 1.93. The fraction of sp³-hybridized carbons (Fsp3) is 0.833. The van der Waals surface area contributed by atoms with Gasteiger partial charge in [0.2, 0.25) is 0 Å². The lowest BCUT2D eigenvalue weighted by atomic mass is 10.2. The van der Waals surface area contributed by atoms with Crippen molar-refractivity contribution in [1.29, 1.82) is 0 Å². The van der Waals surface area contributed by atoms with E-state index >= 15 is 0 Å². The average molecular weight is 146 g/mol. The van der Waals surface area contributed by atoms with Crippen molar-refractivity contribution in [2.45, 2.75) is 20.0 Å². The number of nitrogens with one attached hydrogen (secondary N) is 1. The van der Waals surface area contributed by atoms with Gasteiger partial charge >= 0.3 is 6.09 Å². The van der Waals surface area contributed by atoms with Gasteiger partial charge in [-0.3, -0.25) is 0 Å². The van der Waals surface area contributed by atoms with E-state index < -0.39 is 6.09 Å². The summed E-state index contributed by atoms with van der Waals surface area (Å²) in [7, 11) is 1.31. The number of rotatable bonds is 2. The van der Waals surface area contributed by atoms with Crippen LogP contribution in [-0.4, -0.2) is 19.4 Å². The number of methoxy groups -OCH3 is 1. The van der Waals surface area contributed by atoms with Gasteiger partial charge in [-0.25, -0.2) is 4.79 Å². The van der Waals surface area contributed by atoms with Crippen LogP contribution in [0.15, 0.2) is 0 Å². The van der Waals surface area contributed by atoms with Gasteiger partial charge in [0, 0.05) is 0 Å². The molecule has 1 atom stereocenters. The molecule has 4 nitrogen and oxygen atoms in total. The minimum Gasteiger partial charge on any atom is -0.453 e. The van der Waals surface area contributed by atoms with Crippen LogP contribution in [0.4, 0.5) is 4.79 Å². The fourth-order valence-corrected chi connectivity index (χ4v) is 0.362. The van der Waals surface area contributed by atoms with Crippen LogP contribution in [0.5, 0.6) is 0 Å². The second-order valence-electron chi connectivity index (χ2n) is 2.41. The van der Waals surface area contributed by atoms with E-state index in [0.29, 0.717) is 0 Å². The molecule has 0 aliphatic heterocycles. The Morgan fingerprint density at radius 2 is 2.10 bits per heavy atom. The summed E-state index contributed by atoms with van der Waals surface area (Å²) in [6.07, 6.45) is -0.811. The Labute approximate surface area is 60.7 Å². The predicted octanol–water partition coefficient (Wildman–Crippen LogP) is 0.283. The molecule has 0 fully saturated rings. The summed E-state index contributed by atoms with van der Waals surface area (Å²) < 4.78 is 4.34. The second kappa shape index (κ2) is 4.11. The third kappa shape index (κ3) is 3.29. The molecule has 0 radical (unpaired) electrons. The van der Waals surface area contributed by atoms with E-state index in [0.717, 1.165) is 0 Å². The highest BCUT2D eigenvalue weighted by molar-refractivity contribution is 5.67. The zero-order valence-electron chi connectivity index (χ0n) is 6.55. The second-order valence-corrected chi connectivity index (χ2v) is 2.41. The lowest BCUT2D eigenvalue weighted by molar-refractivity contribution is 0.163. The summed E-state index contributed by atoms with van der Waals surface area (Å²) in [5.74, 6) is 0.221. The Hall–Kier alpha value is -0.770. The van der Waals surface area contributed by atoms with Gasteiger partial charge in [-0.1, -0.05) is 13.8 Å². The van der Waals surface area contributed by atoms with Gasteiger partial charge in [0.25, 0.3) is 0 Å². The minimum absolute atomic E-state index is 0.221. The molecule has 0 spiro atoms. The number of amides is 1. The molecule has 0 rings (SSSR count). The molecule has 0 bridgehead atoms. The molecule has 0 aliphatic rings. The molecule has 0 aromatic heterocycles. The molecule has 0 heterocycles. The van der Waals surface area contributed by atoms with Crippen molar-refractivity contribution >= 4 is 6.09 Å². The van der Waals surface area contributed by atoms with Gasteiger partial charge < -0.3 is 15.8 Å². The maximum atomic E-state index is 10.5. The Morgan fingerprint density at radius 3 is 2.40 bits per heavy atom. The SMILES string of the molecule is COC(=O)NC(N)C(C)C. The zero-order chi connectivity index (χ0) is 8.15. The van der Waals surface area contributed by atoms with E-state index in [-0.39, 0.29) is 12.1 Å². The molecule has 3 N–H and O–H groups in total. The Morgan fingerprint density at radius 1 is 1.60 bits per heavy atom. The van der Waals surface area contributed by atoms with Crippen LogP contribution < -0.4 is 11.1 Å². The smallest absolute Gasteiger partial charge is 0.408 e. The van der Waals surface area contributed by atoms with E-state index in [4.69, 9.17) is 5.73 Å². The summed E-state index contributed by atoms with van der Waals surface area (Å²) in [4.78, 5) is 10.5. The first-order valence-electron chi connectivity index (χ1n) is 3.18. The van der Waals surface area contributed by atoms with E-state index in [1.165, 1.54) is 7.11 Å². The summed E-state index contributed by atoms with van der Waals surface area (Å²) in [6, 6.07) is 0. The Balaban J connectivity index is 3.57. The number of nitrogens with two attached hydrogens (primary N) is 1. The molecule has 0 aromatic rings. The molecule has 0 aliphatic carbocycles. The van der Waals surface area contributed by atoms with E-state index in [1.54, 1.807) is 0 Å². The van der Waals surface area contributed by atoms with Crippen molar-refractivity contribution in [2.75, 3.05) is 7.11 Å². The fourth-order valence-electron chi connectivity index (χ4n) is 0.362. The lowest BCUT2D eigenvalue weighted by Crippen LogP contribution is -2.44. The van der Waals surface area contributed by atoms with Gasteiger partial charge in [-0.2, -0.15) is 0 Å².